The molecule has 166 valence electrons. The minimum atomic E-state index is -0.0163. The SMILES string of the molecule is O=C(NCCN1CCCC1)c1cccc(CSc2nc(Cl)cc(N3CCCCC3)n2)c1. The molecule has 31 heavy (non-hydrogen) atoms. The summed E-state index contributed by atoms with van der Waals surface area (Å²) in [4.78, 5) is 26.3. The number of likely N-dealkylation sites (tertiary alicyclic amines) is 1. The maximum absolute atomic E-state index is 12.5. The quantitative estimate of drug-likeness (QED) is 0.362. The fourth-order valence-corrected chi connectivity index (χ4v) is 5.15. The van der Waals surface area contributed by atoms with Gasteiger partial charge in [0, 0.05) is 43.6 Å². The fraction of sp³-hybridized carbons (Fsp3) is 0.522. The van der Waals surface area contributed by atoms with Crippen LogP contribution in [0.4, 0.5) is 5.82 Å². The zero-order valence-electron chi connectivity index (χ0n) is 17.9. The maximum atomic E-state index is 12.5. The number of piperidine rings is 1. The van der Waals surface area contributed by atoms with Crippen molar-refractivity contribution in [1.29, 1.82) is 0 Å². The second-order valence-electron chi connectivity index (χ2n) is 8.17. The van der Waals surface area contributed by atoms with Gasteiger partial charge in [0.2, 0.25) is 0 Å². The zero-order valence-corrected chi connectivity index (χ0v) is 19.4. The number of anilines is 1. The number of halogens is 1. The van der Waals surface area contributed by atoms with Crippen LogP contribution in [0.5, 0.6) is 0 Å². The van der Waals surface area contributed by atoms with Crippen LogP contribution in [0.1, 0.15) is 48.0 Å². The highest BCUT2D eigenvalue weighted by atomic mass is 35.5. The average molecular weight is 460 g/mol. The Labute approximate surface area is 193 Å². The van der Waals surface area contributed by atoms with E-state index in [1.54, 1.807) is 11.8 Å². The predicted molar refractivity (Wildman–Crippen MR) is 127 cm³/mol. The Balaban J connectivity index is 1.32. The van der Waals surface area contributed by atoms with Crippen LogP contribution < -0.4 is 10.2 Å². The Morgan fingerprint density at radius 1 is 1.03 bits per heavy atom. The molecule has 2 aromatic rings. The van der Waals surface area contributed by atoms with Crippen molar-refractivity contribution in [1.82, 2.24) is 20.2 Å². The highest BCUT2D eigenvalue weighted by Gasteiger charge is 2.15. The van der Waals surface area contributed by atoms with Crippen LogP contribution in [0, 0.1) is 0 Å². The minimum absolute atomic E-state index is 0.0163. The lowest BCUT2D eigenvalue weighted by Gasteiger charge is -2.27. The Morgan fingerprint density at radius 3 is 2.61 bits per heavy atom. The number of thioether (sulfide) groups is 1. The summed E-state index contributed by atoms with van der Waals surface area (Å²) >= 11 is 7.82. The summed E-state index contributed by atoms with van der Waals surface area (Å²) in [6.07, 6.45) is 6.19. The summed E-state index contributed by atoms with van der Waals surface area (Å²) in [6, 6.07) is 9.63. The van der Waals surface area contributed by atoms with Gasteiger partial charge < -0.3 is 15.1 Å². The smallest absolute Gasteiger partial charge is 0.251 e. The van der Waals surface area contributed by atoms with Gasteiger partial charge in [0.25, 0.3) is 5.91 Å². The molecule has 0 unspecified atom stereocenters. The molecule has 1 amide bonds. The van der Waals surface area contributed by atoms with E-state index in [1.807, 2.05) is 30.3 Å². The van der Waals surface area contributed by atoms with Crippen LogP contribution in [-0.2, 0) is 5.75 Å². The molecule has 3 heterocycles. The van der Waals surface area contributed by atoms with E-state index >= 15 is 0 Å². The third-order valence-electron chi connectivity index (χ3n) is 5.81. The highest BCUT2D eigenvalue weighted by molar-refractivity contribution is 7.98. The number of nitrogens with one attached hydrogen (secondary N) is 1. The van der Waals surface area contributed by atoms with Crippen molar-refractivity contribution in [2.24, 2.45) is 0 Å². The standard InChI is InChI=1S/C23H30ClN5OS/c24-20-16-21(29-12-2-1-3-13-29)27-23(26-20)31-17-18-7-6-8-19(15-18)22(30)25-9-14-28-10-4-5-11-28/h6-8,15-16H,1-5,9-14,17H2,(H,25,30). The van der Waals surface area contributed by atoms with Gasteiger partial charge in [-0.25, -0.2) is 9.97 Å². The summed E-state index contributed by atoms with van der Waals surface area (Å²) < 4.78 is 0. The van der Waals surface area contributed by atoms with Crippen molar-refractivity contribution < 1.29 is 4.79 Å². The third-order valence-corrected chi connectivity index (χ3v) is 6.92. The number of amides is 1. The largest absolute Gasteiger partial charge is 0.356 e. The lowest BCUT2D eigenvalue weighted by molar-refractivity contribution is 0.0949. The van der Waals surface area contributed by atoms with E-state index in [9.17, 15) is 4.79 Å². The minimum Gasteiger partial charge on any atom is -0.356 e. The van der Waals surface area contributed by atoms with Gasteiger partial charge in [0.1, 0.15) is 11.0 Å². The van der Waals surface area contributed by atoms with Gasteiger partial charge in [0.05, 0.1) is 0 Å². The zero-order chi connectivity index (χ0) is 21.5. The molecule has 1 N–H and O–H groups in total. The van der Waals surface area contributed by atoms with E-state index in [4.69, 9.17) is 16.6 Å². The van der Waals surface area contributed by atoms with Crippen LogP contribution in [-0.4, -0.2) is 60.0 Å². The number of nitrogens with zero attached hydrogens (tertiary/aromatic N) is 4. The molecule has 0 aliphatic carbocycles. The first kappa shape index (κ1) is 22.4. The maximum Gasteiger partial charge on any atom is 0.251 e. The number of hydrogen-bond donors (Lipinski definition) is 1. The summed E-state index contributed by atoms with van der Waals surface area (Å²) in [5.74, 6) is 1.58. The molecule has 2 aliphatic rings. The van der Waals surface area contributed by atoms with Gasteiger partial charge in [-0.1, -0.05) is 35.5 Å². The molecular weight excluding hydrogens is 430 g/mol. The molecule has 2 saturated heterocycles. The molecule has 0 spiro atoms. The Kier molecular flexibility index (Phi) is 8.05. The van der Waals surface area contributed by atoms with Crippen LogP contribution in [0.25, 0.3) is 0 Å². The van der Waals surface area contributed by atoms with Crippen molar-refractivity contribution in [3.63, 3.8) is 0 Å². The predicted octanol–water partition coefficient (Wildman–Crippen LogP) is 4.24. The molecule has 4 rings (SSSR count). The molecule has 0 bridgehead atoms. The summed E-state index contributed by atoms with van der Waals surface area (Å²) in [7, 11) is 0. The topological polar surface area (TPSA) is 61.4 Å². The third kappa shape index (κ3) is 6.57. The van der Waals surface area contributed by atoms with Gasteiger partial charge >= 0.3 is 0 Å². The average Bonchev–Trinajstić information content (AvgIpc) is 3.32. The molecular formula is C23H30ClN5OS. The van der Waals surface area contributed by atoms with Gasteiger partial charge in [0.15, 0.2) is 5.16 Å². The van der Waals surface area contributed by atoms with E-state index in [2.05, 4.69) is 20.1 Å². The number of benzene rings is 1. The second kappa shape index (κ2) is 11.2. The normalized spacial score (nSPS) is 17.1. The number of aromatic nitrogens is 2. The van der Waals surface area contributed by atoms with E-state index < -0.39 is 0 Å². The molecule has 1 aromatic carbocycles. The summed E-state index contributed by atoms with van der Waals surface area (Å²) in [5.41, 5.74) is 1.76. The number of carbonyl (C=O) groups is 1. The lowest BCUT2D eigenvalue weighted by atomic mass is 10.1. The molecule has 1 aromatic heterocycles. The first-order valence-electron chi connectivity index (χ1n) is 11.2. The summed E-state index contributed by atoms with van der Waals surface area (Å²) in [5, 5.41) is 4.19. The van der Waals surface area contributed by atoms with Crippen molar-refractivity contribution >= 4 is 35.1 Å². The molecule has 0 atom stereocenters. The van der Waals surface area contributed by atoms with E-state index in [-0.39, 0.29) is 5.91 Å². The monoisotopic (exact) mass is 459 g/mol. The van der Waals surface area contributed by atoms with Crippen LogP contribution in [0.15, 0.2) is 35.5 Å². The Morgan fingerprint density at radius 2 is 1.81 bits per heavy atom. The number of carbonyl (C=O) groups excluding carboxylic acids is 1. The fourth-order valence-electron chi connectivity index (χ4n) is 4.12. The molecule has 2 fully saturated rings. The lowest BCUT2D eigenvalue weighted by Crippen LogP contribution is -2.33. The van der Waals surface area contributed by atoms with Crippen molar-refractivity contribution in [3.8, 4) is 0 Å². The van der Waals surface area contributed by atoms with Gasteiger partial charge in [-0.05, 0) is 62.9 Å². The van der Waals surface area contributed by atoms with Gasteiger partial charge in [-0.3, -0.25) is 4.79 Å². The first-order valence-corrected chi connectivity index (χ1v) is 12.6. The Hall–Kier alpha value is -1.83. The van der Waals surface area contributed by atoms with Crippen molar-refractivity contribution in [2.45, 2.75) is 43.0 Å². The van der Waals surface area contributed by atoms with Crippen LogP contribution >= 0.6 is 23.4 Å². The molecule has 2 aliphatic heterocycles. The van der Waals surface area contributed by atoms with Crippen LogP contribution in [0.3, 0.4) is 0 Å². The first-order chi connectivity index (χ1) is 15.2. The number of hydrogen-bond acceptors (Lipinski definition) is 6. The second-order valence-corrected chi connectivity index (χ2v) is 9.50. The van der Waals surface area contributed by atoms with Crippen LogP contribution in [0.2, 0.25) is 5.15 Å². The summed E-state index contributed by atoms with van der Waals surface area (Å²) in [6.45, 7) is 5.94. The number of rotatable bonds is 8. The molecule has 0 radical (unpaired) electrons. The van der Waals surface area contributed by atoms with Crippen molar-refractivity contribution in [3.05, 3.63) is 46.6 Å². The van der Waals surface area contributed by atoms with Gasteiger partial charge in [-0.15, -0.1) is 0 Å². The van der Waals surface area contributed by atoms with Gasteiger partial charge in [-0.2, -0.15) is 0 Å². The van der Waals surface area contributed by atoms with E-state index in [0.29, 0.717) is 28.2 Å². The molecule has 6 nitrogen and oxygen atoms in total. The van der Waals surface area contributed by atoms with Crippen molar-refractivity contribution in [2.75, 3.05) is 44.2 Å². The highest BCUT2D eigenvalue weighted by Crippen LogP contribution is 2.26. The Bertz CT molecular complexity index is 884. The van der Waals surface area contributed by atoms with E-state index in [0.717, 1.165) is 44.1 Å². The van der Waals surface area contributed by atoms with E-state index in [1.165, 1.54) is 32.1 Å². The molecule has 0 saturated carbocycles. The molecule has 8 heteroatoms.